The summed E-state index contributed by atoms with van der Waals surface area (Å²) in [6.07, 6.45) is 1.97. The minimum Gasteiger partial charge on any atom is -0.451 e. The molecule has 0 saturated heterocycles. The number of thiophene rings is 1. The maximum absolute atomic E-state index is 6.06. The Labute approximate surface area is 150 Å². The summed E-state index contributed by atoms with van der Waals surface area (Å²) in [5.74, 6) is 0.531. The quantitative estimate of drug-likeness (QED) is 0.646. The van der Waals surface area contributed by atoms with Crippen LogP contribution in [-0.2, 0) is 27.2 Å². The van der Waals surface area contributed by atoms with Crippen LogP contribution in [0.3, 0.4) is 0 Å². The van der Waals surface area contributed by atoms with Gasteiger partial charge in [0.2, 0.25) is 5.82 Å². The second-order valence-corrected chi connectivity index (χ2v) is 7.02. The van der Waals surface area contributed by atoms with Crippen LogP contribution in [0.15, 0.2) is 4.99 Å². The number of hydrogen-bond acceptors (Lipinski definition) is 8. The number of ether oxygens (including phenoxy) is 3. The number of fused-ring (bicyclic) bond motifs is 1. The number of tetrazole rings is 1. The summed E-state index contributed by atoms with van der Waals surface area (Å²) in [6, 6.07) is 0. The van der Waals surface area contributed by atoms with E-state index in [0.29, 0.717) is 25.6 Å². The molecule has 25 heavy (non-hydrogen) atoms. The van der Waals surface area contributed by atoms with E-state index < -0.39 is 0 Å². The highest BCUT2D eigenvalue weighted by Gasteiger charge is 2.35. The van der Waals surface area contributed by atoms with Crippen molar-refractivity contribution >= 4 is 22.4 Å². The standard InChI is InChI=1S/C16H23N5O3S/c1-5-16(4)8-10-11(9-24-16)25-14(12(10)13-18-20-21-19-13)17-15(22-6-2)23-7-3/h5-9H2,1-4H3,(H,18,19,20,21)/t16-/m1/s1. The maximum Gasteiger partial charge on any atom is 0.389 e. The summed E-state index contributed by atoms with van der Waals surface area (Å²) in [4.78, 5) is 5.72. The molecule has 1 N–H and O–H groups in total. The van der Waals surface area contributed by atoms with Gasteiger partial charge in [0.25, 0.3) is 0 Å². The number of rotatable bonds is 5. The average Bonchev–Trinajstić information content (AvgIpc) is 3.22. The Balaban J connectivity index is 2.09. The molecule has 0 spiro atoms. The van der Waals surface area contributed by atoms with Crippen LogP contribution in [0, 0.1) is 0 Å². The molecule has 8 nitrogen and oxygen atoms in total. The zero-order chi connectivity index (χ0) is 17.9. The number of nitrogens with one attached hydrogen (secondary N) is 1. The summed E-state index contributed by atoms with van der Waals surface area (Å²) in [5.41, 5.74) is 1.86. The molecule has 9 heteroatoms. The Kier molecular flexibility index (Phi) is 5.33. The van der Waals surface area contributed by atoms with Crippen LogP contribution in [0.4, 0.5) is 5.00 Å². The molecule has 1 aliphatic rings. The summed E-state index contributed by atoms with van der Waals surface area (Å²) >= 11 is 1.56. The number of aromatic nitrogens is 4. The van der Waals surface area contributed by atoms with Gasteiger partial charge in [-0.25, -0.2) is 0 Å². The summed E-state index contributed by atoms with van der Waals surface area (Å²) in [6.45, 7) is 9.58. The number of H-pyrrole nitrogens is 1. The van der Waals surface area contributed by atoms with Crippen molar-refractivity contribution in [1.29, 1.82) is 0 Å². The van der Waals surface area contributed by atoms with Crippen molar-refractivity contribution in [2.24, 2.45) is 4.99 Å². The van der Waals surface area contributed by atoms with Gasteiger partial charge in [-0.15, -0.1) is 21.5 Å². The molecule has 136 valence electrons. The zero-order valence-corrected chi connectivity index (χ0v) is 15.8. The van der Waals surface area contributed by atoms with Gasteiger partial charge in [0.15, 0.2) is 0 Å². The molecule has 0 radical (unpaired) electrons. The molecular weight excluding hydrogens is 342 g/mol. The highest BCUT2D eigenvalue weighted by molar-refractivity contribution is 7.16. The summed E-state index contributed by atoms with van der Waals surface area (Å²) in [5, 5.41) is 15.3. The van der Waals surface area contributed by atoms with Crippen LogP contribution in [0.25, 0.3) is 11.4 Å². The van der Waals surface area contributed by atoms with E-state index in [4.69, 9.17) is 14.2 Å². The summed E-state index contributed by atoms with van der Waals surface area (Å²) < 4.78 is 17.0. The Morgan fingerprint density at radius 1 is 1.32 bits per heavy atom. The van der Waals surface area contributed by atoms with Gasteiger partial charge in [-0.3, -0.25) is 0 Å². The van der Waals surface area contributed by atoms with Crippen molar-refractivity contribution in [2.45, 2.75) is 52.7 Å². The first-order valence-electron chi connectivity index (χ1n) is 8.46. The van der Waals surface area contributed by atoms with Gasteiger partial charge in [0.1, 0.15) is 5.00 Å². The number of aromatic amines is 1. The molecule has 2 aromatic rings. The molecule has 0 amide bonds. The van der Waals surface area contributed by atoms with E-state index in [2.05, 4.69) is 39.5 Å². The normalized spacial score (nSPS) is 19.4. The molecule has 3 heterocycles. The fourth-order valence-corrected chi connectivity index (χ4v) is 3.79. The Morgan fingerprint density at radius 2 is 2.08 bits per heavy atom. The van der Waals surface area contributed by atoms with Crippen molar-refractivity contribution in [1.82, 2.24) is 20.6 Å². The SMILES string of the molecule is CCOC(=Nc1sc2c(c1-c1nn[nH]n1)C[C@@](C)(CC)OC2)OCC. The second-order valence-electron chi connectivity index (χ2n) is 5.93. The van der Waals surface area contributed by atoms with E-state index in [-0.39, 0.29) is 11.7 Å². The molecular formula is C16H23N5O3S. The van der Waals surface area contributed by atoms with Crippen molar-refractivity contribution in [3.63, 3.8) is 0 Å². The predicted octanol–water partition coefficient (Wildman–Crippen LogP) is 3.23. The van der Waals surface area contributed by atoms with Crippen molar-refractivity contribution in [3.8, 4) is 11.4 Å². The average molecular weight is 365 g/mol. The Morgan fingerprint density at radius 3 is 2.68 bits per heavy atom. The molecule has 0 unspecified atom stereocenters. The first-order valence-corrected chi connectivity index (χ1v) is 9.28. The third kappa shape index (κ3) is 3.67. The molecule has 0 saturated carbocycles. The summed E-state index contributed by atoms with van der Waals surface area (Å²) in [7, 11) is 0. The van der Waals surface area contributed by atoms with E-state index in [1.807, 2.05) is 13.8 Å². The fourth-order valence-electron chi connectivity index (χ4n) is 2.71. The minimum atomic E-state index is -0.198. The lowest BCUT2D eigenvalue weighted by molar-refractivity contribution is -0.0545. The minimum absolute atomic E-state index is 0.198. The lowest BCUT2D eigenvalue weighted by Gasteiger charge is -2.33. The van der Waals surface area contributed by atoms with Crippen LogP contribution in [-0.4, -0.2) is 45.5 Å². The molecule has 0 aromatic carbocycles. The molecule has 1 atom stereocenters. The van der Waals surface area contributed by atoms with Gasteiger partial charge >= 0.3 is 6.08 Å². The lowest BCUT2D eigenvalue weighted by atomic mass is 9.89. The van der Waals surface area contributed by atoms with E-state index in [1.165, 1.54) is 5.56 Å². The fraction of sp³-hybridized carbons (Fsp3) is 0.625. The van der Waals surface area contributed by atoms with Crippen molar-refractivity contribution < 1.29 is 14.2 Å². The Hall–Kier alpha value is -2.00. The molecule has 2 aromatic heterocycles. The lowest BCUT2D eigenvalue weighted by Crippen LogP contribution is -2.34. The second kappa shape index (κ2) is 7.49. The highest BCUT2D eigenvalue weighted by Crippen LogP contribution is 2.46. The van der Waals surface area contributed by atoms with Crippen LogP contribution in [0.5, 0.6) is 0 Å². The van der Waals surface area contributed by atoms with Gasteiger partial charge in [-0.05, 0) is 38.0 Å². The van der Waals surface area contributed by atoms with Gasteiger partial charge in [0, 0.05) is 11.3 Å². The molecule has 0 aliphatic carbocycles. The molecule has 3 rings (SSSR count). The molecule has 1 aliphatic heterocycles. The predicted molar refractivity (Wildman–Crippen MR) is 95.0 cm³/mol. The van der Waals surface area contributed by atoms with Gasteiger partial charge in [-0.2, -0.15) is 10.2 Å². The largest absolute Gasteiger partial charge is 0.451 e. The Bertz CT molecular complexity index is 735. The molecule has 0 bridgehead atoms. The van der Waals surface area contributed by atoms with Crippen LogP contribution in [0.1, 0.15) is 44.6 Å². The van der Waals surface area contributed by atoms with E-state index in [0.717, 1.165) is 28.3 Å². The van der Waals surface area contributed by atoms with Crippen molar-refractivity contribution in [3.05, 3.63) is 10.4 Å². The third-order valence-electron chi connectivity index (χ3n) is 4.22. The van der Waals surface area contributed by atoms with Crippen LogP contribution in [0.2, 0.25) is 0 Å². The number of nitrogens with zero attached hydrogens (tertiary/aromatic N) is 4. The smallest absolute Gasteiger partial charge is 0.389 e. The number of hydrogen-bond donors (Lipinski definition) is 1. The van der Waals surface area contributed by atoms with Gasteiger partial charge in [0.05, 0.1) is 31.0 Å². The first-order chi connectivity index (χ1) is 12.1. The first kappa shape index (κ1) is 17.8. The van der Waals surface area contributed by atoms with E-state index >= 15 is 0 Å². The van der Waals surface area contributed by atoms with E-state index in [9.17, 15) is 0 Å². The third-order valence-corrected chi connectivity index (χ3v) is 5.32. The van der Waals surface area contributed by atoms with Gasteiger partial charge in [-0.1, -0.05) is 6.92 Å². The number of aliphatic imine (C=N–C) groups is 1. The topological polar surface area (TPSA) is 94.5 Å². The molecule has 0 fully saturated rings. The highest BCUT2D eigenvalue weighted by atomic mass is 32.1. The monoisotopic (exact) mass is 365 g/mol. The van der Waals surface area contributed by atoms with Gasteiger partial charge < -0.3 is 14.2 Å². The van der Waals surface area contributed by atoms with E-state index in [1.54, 1.807) is 11.3 Å². The van der Waals surface area contributed by atoms with Crippen LogP contribution < -0.4 is 0 Å². The zero-order valence-electron chi connectivity index (χ0n) is 15.0. The maximum atomic E-state index is 6.06. The van der Waals surface area contributed by atoms with Crippen molar-refractivity contribution in [2.75, 3.05) is 13.2 Å². The van der Waals surface area contributed by atoms with Crippen LogP contribution >= 0.6 is 11.3 Å².